The molecule has 1 aliphatic heterocycles. The Morgan fingerprint density at radius 3 is 2.43 bits per heavy atom. The van der Waals surface area contributed by atoms with E-state index in [4.69, 9.17) is 16.3 Å². The number of hydrogen-bond acceptors (Lipinski definition) is 4. The third-order valence-electron chi connectivity index (χ3n) is 5.84. The Balaban J connectivity index is 1.35. The van der Waals surface area contributed by atoms with Gasteiger partial charge in [0.25, 0.3) is 5.91 Å². The summed E-state index contributed by atoms with van der Waals surface area (Å²) in [6.07, 6.45) is 3.45. The Bertz CT molecular complexity index is 1210. The van der Waals surface area contributed by atoms with Crippen molar-refractivity contribution in [2.75, 3.05) is 43.0 Å². The summed E-state index contributed by atoms with van der Waals surface area (Å²) in [5, 5.41) is 3.46. The van der Waals surface area contributed by atoms with Crippen LogP contribution in [0, 0.1) is 6.92 Å². The minimum Gasteiger partial charge on any atom is -0.483 e. The van der Waals surface area contributed by atoms with Gasteiger partial charge in [0.2, 0.25) is 5.91 Å². The summed E-state index contributed by atoms with van der Waals surface area (Å²) in [5.41, 5.74) is 3.45. The molecule has 0 unspecified atom stereocenters. The van der Waals surface area contributed by atoms with Crippen molar-refractivity contribution in [1.29, 1.82) is 0 Å². The third kappa shape index (κ3) is 6.64. The lowest BCUT2D eigenvalue weighted by molar-refractivity contribution is -0.126. The summed E-state index contributed by atoms with van der Waals surface area (Å²) in [7, 11) is 0. The van der Waals surface area contributed by atoms with Crippen molar-refractivity contribution in [2.24, 2.45) is 0 Å². The quantitative estimate of drug-likeness (QED) is 0.473. The summed E-state index contributed by atoms with van der Waals surface area (Å²) in [6.45, 7) is 4.30. The van der Waals surface area contributed by atoms with Gasteiger partial charge < -0.3 is 19.9 Å². The maximum Gasteiger partial charge on any atom is 0.262 e. The number of nitrogens with one attached hydrogen (secondary N) is 1. The van der Waals surface area contributed by atoms with E-state index in [2.05, 4.69) is 10.2 Å². The van der Waals surface area contributed by atoms with Crippen LogP contribution in [0.1, 0.15) is 11.1 Å². The van der Waals surface area contributed by atoms with Crippen LogP contribution in [0.5, 0.6) is 5.75 Å². The van der Waals surface area contributed by atoms with Gasteiger partial charge in [-0.3, -0.25) is 9.59 Å². The molecule has 1 aliphatic rings. The Morgan fingerprint density at radius 1 is 0.971 bits per heavy atom. The fourth-order valence-corrected chi connectivity index (χ4v) is 4.11. The average Bonchev–Trinajstić information content (AvgIpc) is 2.88. The average molecular weight is 490 g/mol. The Kier molecular flexibility index (Phi) is 8.06. The highest BCUT2D eigenvalue weighted by Gasteiger charge is 2.22. The van der Waals surface area contributed by atoms with E-state index in [-0.39, 0.29) is 18.4 Å². The monoisotopic (exact) mass is 489 g/mol. The van der Waals surface area contributed by atoms with Crippen molar-refractivity contribution in [3.63, 3.8) is 0 Å². The van der Waals surface area contributed by atoms with Crippen LogP contribution in [-0.4, -0.2) is 49.5 Å². The number of amides is 2. The van der Waals surface area contributed by atoms with Crippen molar-refractivity contribution in [2.45, 2.75) is 6.92 Å². The number of hydrogen-bond donors (Lipinski definition) is 1. The van der Waals surface area contributed by atoms with Gasteiger partial charge in [0.15, 0.2) is 6.61 Å². The van der Waals surface area contributed by atoms with E-state index in [0.29, 0.717) is 42.6 Å². The number of rotatable bonds is 7. The second-order valence-electron chi connectivity index (χ2n) is 8.32. The standard InChI is InChI=1S/C28H28ClN3O3/c1-21-7-5-6-10-26(21)35-20-27(33)30-24-19-23(29)12-13-25(24)31-15-17-32(18-16-31)28(34)14-11-22-8-3-2-4-9-22/h2-14,19H,15-18,20H2,1H3,(H,30,33)/b14-11+. The maximum absolute atomic E-state index is 12.6. The summed E-state index contributed by atoms with van der Waals surface area (Å²) >= 11 is 6.22. The minimum atomic E-state index is -0.267. The summed E-state index contributed by atoms with van der Waals surface area (Å²) in [6, 6.07) is 22.8. The van der Waals surface area contributed by atoms with Crippen molar-refractivity contribution in [1.82, 2.24) is 4.90 Å². The predicted octanol–water partition coefficient (Wildman–Crippen LogP) is 5.03. The van der Waals surface area contributed by atoms with Gasteiger partial charge in [-0.05, 0) is 48.4 Å². The maximum atomic E-state index is 12.6. The number of aryl methyl sites for hydroxylation is 1. The lowest BCUT2D eigenvalue weighted by Gasteiger charge is -2.36. The largest absolute Gasteiger partial charge is 0.483 e. The number of ether oxygens (including phenoxy) is 1. The van der Waals surface area contributed by atoms with Gasteiger partial charge in [-0.25, -0.2) is 0 Å². The fourth-order valence-electron chi connectivity index (χ4n) is 3.94. The van der Waals surface area contributed by atoms with Gasteiger partial charge in [0.1, 0.15) is 5.75 Å². The van der Waals surface area contributed by atoms with Crippen molar-refractivity contribution in [3.8, 4) is 5.75 Å². The molecule has 1 heterocycles. The molecule has 3 aromatic rings. The molecule has 1 N–H and O–H groups in total. The molecule has 0 atom stereocenters. The van der Waals surface area contributed by atoms with E-state index in [1.807, 2.05) is 78.6 Å². The first-order valence-corrected chi connectivity index (χ1v) is 11.9. The van der Waals surface area contributed by atoms with E-state index < -0.39 is 0 Å². The molecule has 6 nitrogen and oxygen atoms in total. The molecule has 0 aliphatic carbocycles. The molecule has 35 heavy (non-hydrogen) atoms. The Labute approximate surface area is 210 Å². The van der Waals surface area contributed by atoms with E-state index in [9.17, 15) is 9.59 Å². The van der Waals surface area contributed by atoms with E-state index in [1.54, 1.807) is 18.2 Å². The predicted molar refractivity (Wildman–Crippen MR) is 141 cm³/mol. The number of carbonyl (C=O) groups excluding carboxylic acids is 2. The van der Waals surface area contributed by atoms with Crippen molar-refractivity contribution < 1.29 is 14.3 Å². The van der Waals surface area contributed by atoms with E-state index in [1.165, 1.54) is 0 Å². The minimum absolute atomic E-state index is 0.00788. The van der Waals surface area contributed by atoms with Gasteiger partial charge in [-0.2, -0.15) is 0 Å². The Morgan fingerprint density at radius 2 is 1.69 bits per heavy atom. The number of benzene rings is 3. The van der Waals surface area contributed by atoms with Crippen LogP contribution in [0.2, 0.25) is 5.02 Å². The van der Waals surface area contributed by atoms with Crippen molar-refractivity contribution in [3.05, 3.63) is 95.0 Å². The second kappa shape index (κ2) is 11.6. The lowest BCUT2D eigenvalue weighted by atomic mass is 10.2. The molecule has 7 heteroatoms. The number of piperazine rings is 1. The summed E-state index contributed by atoms with van der Waals surface area (Å²) < 4.78 is 5.67. The first kappa shape index (κ1) is 24.4. The van der Waals surface area contributed by atoms with Crippen LogP contribution in [0.15, 0.2) is 78.9 Å². The molecule has 0 bridgehead atoms. The first-order chi connectivity index (χ1) is 17.0. The SMILES string of the molecule is Cc1ccccc1OCC(=O)Nc1cc(Cl)ccc1N1CCN(C(=O)/C=C/c2ccccc2)CC1. The van der Waals surface area contributed by atoms with Gasteiger partial charge in [0, 0.05) is 37.3 Å². The number of para-hydroxylation sites is 1. The molecule has 2 amide bonds. The number of nitrogens with zero attached hydrogens (tertiary/aromatic N) is 2. The normalized spacial score (nSPS) is 13.7. The lowest BCUT2D eigenvalue weighted by Crippen LogP contribution is -2.48. The second-order valence-corrected chi connectivity index (χ2v) is 8.76. The molecule has 0 radical (unpaired) electrons. The first-order valence-electron chi connectivity index (χ1n) is 11.5. The zero-order valence-electron chi connectivity index (χ0n) is 19.6. The van der Waals surface area contributed by atoms with Crippen LogP contribution >= 0.6 is 11.6 Å². The topological polar surface area (TPSA) is 61.9 Å². The molecule has 180 valence electrons. The highest BCUT2D eigenvalue weighted by atomic mass is 35.5. The van der Waals surface area contributed by atoms with E-state index >= 15 is 0 Å². The van der Waals surface area contributed by atoms with Gasteiger partial charge in [0.05, 0.1) is 11.4 Å². The fraction of sp³-hybridized carbons (Fsp3) is 0.214. The summed E-state index contributed by atoms with van der Waals surface area (Å²) in [5.74, 6) is 0.402. The molecule has 0 aromatic heterocycles. The molecule has 3 aromatic carbocycles. The highest BCUT2D eigenvalue weighted by molar-refractivity contribution is 6.31. The van der Waals surface area contributed by atoms with Crippen LogP contribution in [0.4, 0.5) is 11.4 Å². The molecule has 4 rings (SSSR count). The molecular formula is C28H28ClN3O3. The number of anilines is 2. The zero-order valence-corrected chi connectivity index (χ0v) is 20.4. The van der Waals surface area contributed by atoms with Crippen LogP contribution < -0.4 is 15.0 Å². The molecule has 0 spiro atoms. The van der Waals surface area contributed by atoms with Gasteiger partial charge >= 0.3 is 0 Å². The van der Waals surface area contributed by atoms with Gasteiger partial charge in [-0.15, -0.1) is 0 Å². The molecular weight excluding hydrogens is 462 g/mol. The molecule has 0 saturated carbocycles. The zero-order chi connectivity index (χ0) is 24.6. The van der Waals surface area contributed by atoms with Crippen molar-refractivity contribution >= 4 is 40.9 Å². The van der Waals surface area contributed by atoms with Crippen LogP contribution in [0.3, 0.4) is 0 Å². The van der Waals surface area contributed by atoms with Gasteiger partial charge in [-0.1, -0.05) is 60.1 Å². The number of halogens is 1. The highest BCUT2D eigenvalue weighted by Crippen LogP contribution is 2.30. The Hall–Kier alpha value is -3.77. The molecule has 1 saturated heterocycles. The molecule has 1 fully saturated rings. The van der Waals surface area contributed by atoms with Crippen LogP contribution in [0.25, 0.3) is 6.08 Å². The smallest absolute Gasteiger partial charge is 0.262 e. The van der Waals surface area contributed by atoms with Crippen LogP contribution in [-0.2, 0) is 9.59 Å². The number of carbonyl (C=O) groups is 2. The van der Waals surface area contributed by atoms with E-state index in [0.717, 1.165) is 16.8 Å². The summed E-state index contributed by atoms with van der Waals surface area (Å²) in [4.78, 5) is 29.2. The third-order valence-corrected chi connectivity index (χ3v) is 6.07.